The Hall–Kier alpha value is -1.10. The topological polar surface area (TPSA) is 78.4 Å². The van der Waals surface area contributed by atoms with Crippen LogP contribution in [0.15, 0.2) is 0 Å². The van der Waals surface area contributed by atoms with E-state index in [4.69, 9.17) is 5.11 Å². The average Bonchev–Trinajstić information content (AvgIpc) is 2.22. The molecule has 1 atom stereocenters. The van der Waals surface area contributed by atoms with Gasteiger partial charge in [0.25, 0.3) is 0 Å². The molecule has 1 unspecified atom stereocenters. The third kappa shape index (κ3) is 8.98. The first-order valence-corrected chi connectivity index (χ1v) is 6.46. The first kappa shape index (κ1) is 16.9. The van der Waals surface area contributed by atoms with Gasteiger partial charge in [0.15, 0.2) is 0 Å². The SMILES string of the molecule is CC(O)CCNC(=O)CCCNC(=O)C(C)(C)C. The molecule has 0 rings (SSSR count). The Morgan fingerprint density at radius 1 is 1.17 bits per heavy atom. The Labute approximate surface area is 109 Å². The monoisotopic (exact) mass is 258 g/mol. The number of rotatable bonds is 7. The molecule has 0 spiro atoms. The van der Waals surface area contributed by atoms with Crippen LogP contribution in [-0.2, 0) is 9.59 Å². The van der Waals surface area contributed by atoms with E-state index in [0.29, 0.717) is 32.4 Å². The summed E-state index contributed by atoms with van der Waals surface area (Å²) in [5.74, 6) is -0.0438. The normalized spacial score (nSPS) is 12.9. The third-order valence-electron chi connectivity index (χ3n) is 2.43. The molecule has 0 aromatic heterocycles. The molecule has 0 aliphatic heterocycles. The minimum Gasteiger partial charge on any atom is -0.393 e. The number of hydrogen-bond acceptors (Lipinski definition) is 3. The van der Waals surface area contributed by atoms with Gasteiger partial charge >= 0.3 is 0 Å². The summed E-state index contributed by atoms with van der Waals surface area (Å²) in [6.45, 7) is 8.25. The molecule has 0 aliphatic rings. The number of carbonyl (C=O) groups excluding carboxylic acids is 2. The van der Waals surface area contributed by atoms with Gasteiger partial charge < -0.3 is 15.7 Å². The van der Waals surface area contributed by atoms with Gasteiger partial charge in [0.2, 0.25) is 11.8 Å². The second kappa shape index (κ2) is 8.08. The molecule has 0 bridgehead atoms. The predicted molar refractivity (Wildman–Crippen MR) is 71.0 cm³/mol. The lowest BCUT2D eigenvalue weighted by Crippen LogP contribution is -2.35. The molecule has 0 aromatic rings. The van der Waals surface area contributed by atoms with Gasteiger partial charge in [-0.1, -0.05) is 20.8 Å². The van der Waals surface area contributed by atoms with Gasteiger partial charge in [-0.15, -0.1) is 0 Å². The summed E-state index contributed by atoms with van der Waals surface area (Å²) in [6, 6.07) is 0. The first-order valence-electron chi connectivity index (χ1n) is 6.46. The van der Waals surface area contributed by atoms with E-state index < -0.39 is 6.10 Å². The second-order valence-corrected chi connectivity index (χ2v) is 5.60. The Bertz CT molecular complexity index is 270. The average molecular weight is 258 g/mol. The van der Waals surface area contributed by atoms with Gasteiger partial charge in [-0.2, -0.15) is 0 Å². The van der Waals surface area contributed by atoms with Gasteiger partial charge in [-0.25, -0.2) is 0 Å². The van der Waals surface area contributed by atoms with Crippen LogP contribution < -0.4 is 10.6 Å². The van der Waals surface area contributed by atoms with Crippen molar-refractivity contribution in [1.82, 2.24) is 10.6 Å². The van der Waals surface area contributed by atoms with Crippen molar-refractivity contribution in [2.75, 3.05) is 13.1 Å². The smallest absolute Gasteiger partial charge is 0.225 e. The molecule has 0 heterocycles. The number of aliphatic hydroxyl groups is 1. The number of carbonyl (C=O) groups is 2. The predicted octanol–water partition coefficient (Wildman–Crippen LogP) is 0.816. The Morgan fingerprint density at radius 2 is 1.78 bits per heavy atom. The molecule has 3 N–H and O–H groups in total. The zero-order valence-electron chi connectivity index (χ0n) is 11.9. The molecule has 0 saturated carbocycles. The molecule has 18 heavy (non-hydrogen) atoms. The lowest BCUT2D eigenvalue weighted by molar-refractivity contribution is -0.128. The molecule has 106 valence electrons. The summed E-state index contributed by atoms with van der Waals surface area (Å²) in [7, 11) is 0. The standard InChI is InChI=1S/C13H26N2O3/c1-10(16)7-9-14-11(17)6-5-8-15-12(18)13(2,3)4/h10,16H,5-9H2,1-4H3,(H,14,17)(H,15,18). The number of nitrogens with one attached hydrogen (secondary N) is 2. The van der Waals surface area contributed by atoms with E-state index in [-0.39, 0.29) is 17.2 Å². The highest BCUT2D eigenvalue weighted by atomic mass is 16.3. The van der Waals surface area contributed by atoms with Crippen molar-refractivity contribution < 1.29 is 14.7 Å². The van der Waals surface area contributed by atoms with E-state index in [0.717, 1.165) is 0 Å². The van der Waals surface area contributed by atoms with Crippen LogP contribution in [0.1, 0.15) is 47.0 Å². The van der Waals surface area contributed by atoms with Crippen molar-refractivity contribution >= 4 is 11.8 Å². The highest BCUT2D eigenvalue weighted by molar-refractivity contribution is 5.81. The molecule has 0 fully saturated rings. The number of amides is 2. The Balaban J connectivity index is 3.55. The van der Waals surface area contributed by atoms with Crippen molar-refractivity contribution in [2.45, 2.75) is 53.1 Å². The zero-order chi connectivity index (χ0) is 14.2. The molecule has 5 heteroatoms. The fraction of sp³-hybridized carbons (Fsp3) is 0.846. The maximum absolute atomic E-state index is 11.5. The van der Waals surface area contributed by atoms with Crippen LogP contribution >= 0.6 is 0 Å². The molecule has 0 radical (unpaired) electrons. The van der Waals surface area contributed by atoms with E-state index in [1.54, 1.807) is 6.92 Å². The van der Waals surface area contributed by atoms with Crippen molar-refractivity contribution in [2.24, 2.45) is 5.41 Å². The molecule has 0 aliphatic carbocycles. The summed E-state index contributed by atoms with van der Waals surface area (Å²) >= 11 is 0. The minimum absolute atomic E-state index is 0.00277. The maximum atomic E-state index is 11.5. The van der Waals surface area contributed by atoms with Crippen LogP contribution in [0.3, 0.4) is 0 Å². The molecular weight excluding hydrogens is 232 g/mol. The largest absolute Gasteiger partial charge is 0.393 e. The van der Waals surface area contributed by atoms with Crippen LogP contribution in [0, 0.1) is 5.41 Å². The second-order valence-electron chi connectivity index (χ2n) is 5.60. The van der Waals surface area contributed by atoms with Gasteiger partial charge in [-0.05, 0) is 19.8 Å². The maximum Gasteiger partial charge on any atom is 0.225 e. The van der Waals surface area contributed by atoms with E-state index in [1.165, 1.54) is 0 Å². The van der Waals surface area contributed by atoms with Crippen LogP contribution in [0.4, 0.5) is 0 Å². The van der Waals surface area contributed by atoms with Crippen LogP contribution in [0.5, 0.6) is 0 Å². The van der Waals surface area contributed by atoms with Gasteiger partial charge in [0.1, 0.15) is 0 Å². The number of aliphatic hydroxyl groups excluding tert-OH is 1. The highest BCUT2D eigenvalue weighted by Gasteiger charge is 2.20. The first-order chi connectivity index (χ1) is 8.23. The lowest BCUT2D eigenvalue weighted by atomic mass is 9.96. The Kier molecular flexibility index (Phi) is 7.59. The van der Waals surface area contributed by atoms with E-state index in [1.807, 2.05) is 20.8 Å². The van der Waals surface area contributed by atoms with Gasteiger partial charge in [0, 0.05) is 24.9 Å². The molecule has 0 saturated heterocycles. The molecule has 0 aromatic carbocycles. The molecular formula is C13H26N2O3. The zero-order valence-corrected chi connectivity index (χ0v) is 11.9. The van der Waals surface area contributed by atoms with E-state index in [2.05, 4.69) is 10.6 Å². The number of hydrogen-bond donors (Lipinski definition) is 3. The van der Waals surface area contributed by atoms with Crippen molar-refractivity contribution in [3.05, 3.63) is 0 Å². The van der Waals surface area contributed by atoms with Gasteiger partial charge in [-0.3, -0.25) is 9.59 Å². The fourth-order valence-electron chi connectivity index (χ4n) is 1.22. The van der Waals surface area contributed by atoms with Crippen LogP contribution in [0.2, 0.25) is 0 Å². The summed E-state index contributed by atoms with van der Waals surface area (Å²) in [4.78, 5) is 22.9. The van der Waals surface area contributed by atoms with Crippen molar-refractivity contribution in [3.63, 3.8) is 0 Å². The quantitative estimate of drug-likeness (QED) is 0.591. The molecule has 5 nitrogen and oxygen atoms in total. The third-order valence-corrected chi connectivity index (χ3v) is 2.43. The summed E-state index contributed by atoms with van der Waals surface area (Å²) in [5, 5.41) is 14.5. The minimum atomic E-state index is -0.392. The van der Waals surface area contributed by atoms with E-state index in [9.17, 15) is 9.59 Å². The van der Waals surface area contributed by atoms with Gasteiger partial charge in [0.05, 0.1) is 6.10 Å². The Morgan fingerprint density at radius 3 is 2.28 bits per heavy atom. The van der Waals surface area contributed by atoms with E-state index >= 15 is 0 Å². The molecule has 2 amide bonds. The summed E-state index contributed by atoms with van der Waals surface area (Å²) < 4.78 is 0. The van der Waals surface area contributed by atoms with Crippen LogP contribution in [0.25, 0.3) is 0 Å². The summed E-state index contributed by atoms with van der Waals surface area (Å²) in [5.41, 5.74) is -0.389. The van der Waals surface area contributed by atoms with Crippen LogP contribution in [-0.4, -0.2) is 36.1 Å². The summed E-state index contributed by atoms with van der Waals surface area (Å²) in [6.07, 6.45) is 1.19. The van der Waals surface area contributed by atoms with Crippen molar-refractivity contribution in [1.29, 1.82) is 0 Å². The van der Waals surface area contributed by atoms with Crippen molar-refractivity contribution in [3.8, 4) is 0 Å². The fourth-order valence-corrected chi connectivity index (χ4v) is 1.22. The highest BCUT2D eigenvalue weighted by Crippen LogP contribution is 2.12. The lowest BCUT2D eigenvalue weighted by Gasteiger charge is -2.17.